The Balaban J connectivity index is 2.10. The Bertz CT molecular complexity index is 557. The van der Waals surface area contributed by atoms with Gasteiger partial charge in [-0.25, -0.2) is 0 Å². The second-order valence-corrected chi connectivity index (χ2v) is 4.91. The fourth-order valence-electron chi connectivity index (χ4n) is 2.06. The van der Waals surface area contributed by atoms with Gasteiger partial charge in [0.15, 0.2) is 11.5 Å². The molecule has 0 fully saturated rings. The van der Waals surface area contributed by atoms with Crippen molar-refractivity contribution in [3.05, 3.63) is 59.7 Å². The zero-order valence-corrected chi connectivity index (χ0v) is 12.2. The summed E-state index contributed by atoms with van der Waals surface area (Å²) in [6.07, 6.45) is 0.599. The number of ether oxygens (including phenoxy) is 2. The first-order valence-corrected chi connectivity index (χ1v) is 6.93. The fourth-order valence-corrected chi connectivity index (χ4v) is 2.06. The second kappa shape index (κ2) is 7.67. The van der Waals surface area contributed by atoms with E-state index in [1.165, 1.54) is 0 Å². The SMILES string of the molecule is COc1ccc(CC(N)CO)cc1OCc1ccccc1. The molecular formula is C17H21NO3. The highest BCUT2D eigenvalue weighted by Crippen LogP contribution is 2.29. The van der Waals surface area contributed by atoms with E-state index in [9.17, 15) is 0 Å². The predicted octanol–water partition coefficient (Wildman–Crippen LogP) is 2.14. The molecule has 0 aliphatic rings. The van der Waals surface area contributed by atoms with Gasteiger partial charge in [-0.1, -0.05) is 36.4 Å². The highest BCUT2D eigenvalue weighted by atomic mass is 16.5. The van der Waals surface area contributed by atoms with Gasteiger partial charge in [0.25, 0.3) is 0 Å². The van der Waals surface area contributed by atoms with E-state index in [0.29, 0.717) is 24.5 Å². The summed E-state index contributed by atoms with van der Waals surface area (Å²) in [7, 11) is 1.61. The van der Waals surface area contributed by atoms with Crippen LogP contribution in [-0.4, -0.2) is 24.9 Å². The van der Waals surface area contributed by atoms with Crippen molar-refractivity contribution < 1.29 is 14.6 Å². The van der Waals surface area contributed by atoms with Crippen molar-refractivity contribution >= 4 is 0 Å². The molecule has 3 N–H and O–H groups in total. The zero-order valence-electron chi connectivity index (χ0n) is 12.2. The molecule has 4 heteroatoms. The van der Waals surface area contributed by atoms with Crippen molar-refractivity contribution in [2.45, 2.75) is 19.1 Å². The monoisotopic (exact) mass is 287 g/mol. The van der Waals surface area contributed by atoms with Crippen molar-refractivity contribution in [3.63, 3.8) is 0 Å². The molecule has 21 heavy (non-hydrogen) atoms. The number of aliphatic hydroxyl groups is 1. The highest BCUT2D eigenvalue weighted by molar-refractivity contribution is 5.43. The number of benzene rings is 2. The minimum absolute atomic E-state index is 0.0355. The molecular weight excluding hydrogens is 266 g/mol. The largest absolute Gasteiger partial charge is 0.493 e. The minimum atomic E-state index is -0.264. The van der Waals surface area contributed by atoms with Crippen LogP contribution in [-0.2, 0) is 13.0 Å². The van der Waals surface area contributed by atoms with E-state index in [1.807, 2.05) is 48.5 Å². The lowest BCUT2D eigenvalue weighted by atomic mass is 10.1. The third-order valence-electron chi connectivity index (χ3n) is 3.20. The summed E-state index contributed by atoms with van der Waals surface area (Å²) in [4.78, 5) is 0. The summed E-state index contributed by atoms with van der Waals surface area (Å²) in [5, 5.41) is 9.04. The fraction of sp³-hybridized carbons (Fsp3) is 0.294. The van der Waals surface area contributed by atoms with Gasteiger partial charge in [-0.05, 0) is 29.7 Å². The zero-order chi connectivity index (χ0) is 15.1. The number of rotatable bonds is 7. The second-order valence-electron chi connectivity index (χ2n) is 4.91. The van der Waals surface area contributed by atoms with Crippen LogP contribution in [0.25, 0.3) is 0 Å². The molecule has 112 valence electrons. The van der Waals surface area contributed by atoms with Gasteiger partial charge >= 0.3 is 0 Å². The normalized spacial score (nSPS) is 12.0. The molecule has 0 saturated heterocycles. The molecule has 0 bridgehead atoms. The van der Waals surface area contributed by atoms with Crippen LogP contribution >= 0.6 is 0 Å². The molecule has 0 spiro atoms. The lowest BCUT2D eigenvalue weighted by Crippen LogP contribution is -2.26. The van der Waals surface area contributed by atoms with Crippen LogP contribution in [0.3, 0.4) is 0 Å². The molecule has 0 aliphatic carbocycles. The summed E-state index contributed by atoms with van der Waals surface area (Å²) in [6, 6.07) is 15.4. The van der Waals surface area contributed by atoms with Crippen LogP contribution in [0.15, 0.2) is 48.5 Å². The maximum Gasteiger partial charge on any atom is 0.161 e. The molecule has 0 aliphatic heterocycles. The number of hydrogen-bond acceptors (Lipinski definition) is 4. The molecule has 4 nitrogen and oxygen atoms in total. The van der Waals surface area contributed by atoms with Crippen LogP contribution in [0, 0.1) is 0 Å². The maximum atomic E-state index is 9.04. The first-order valence-electron chi connectivity index (χ1n) is 6.93. The summed E-state index contributed by atoms with van der Waals surface area (Å²) >= 11 is 0. The molecule has 0 saturated carbocycles. The number of nitrogens with two attached hydrogens (primary N) is 1. The Hall–Kier alpha value is -2.04. The average Bonchev–Trinajstić information content (AvgIpc) is 2.54. The van der Waals surface area contributed by atoms with Crippen molar-refractivity contribution in [1.29, 1.82) is 0 Å². The van der Waals surface area contributed by atoms with Gasteiger partial charge in [-0.3, -0.25) is 0 Å². The Morgan fingerprint density at radius 3 is 2.48 bits per heavy atom. The van der Waals surface area contributed by atoms with Crippen LogP contribution in [0.2, 0.25) is 0 Å². The van der Waals surface area contributed by atoms with Gasteiger partial charge in [0.2, 0.25) is 0 Å². The Kier molecular flexibility index (Phi) is 5.60. The van der Waals surface area contributed by atoms with Gasteiger partial charge in [0, 0.05) is 6.04 Å². The van der Waals surface area contributed by atoms with Crippen molar-refractivity contribution in [1.82, 2.24) is 0 Å². The highest BCUT2D eigenvalue weighted by Gasteiger charge is 2.09. The van der Waals surface area contributed by atoms with E-state index < -0.39 is 0 Å². The van der Waals surface area contributed by atoms with Gasteiger partial charge in [0.05, 0.1) is 13.7 Å². The van der Waals surface area contributed by atoms with Crippen LogP contribution < -0.4 is 15.2 Å². The summed E-state index contributed by atoms with van der Waals surface area (Å²) in [6.45, 7) is 0.443. The van der Waals surface area contributed by atoms with E-state index in [1.54, 1.807) is 7.11 Å². The summed E-state index contributed by atoms with van der Waals surface area (Å²) in [5.41, 5.74) is 7.88. The van der Waals surface area contributed by atoms with Gasteiger partial charge in [-0.2, -0.15) is 0 Å². The van der Waals surface area contributed by atoms with Crippen LogP contribution in [0.1, 0.15) is 11.1 Å². The predicted molar refractivity (Wildman–Crippen MR) is 82.5 cm³/mol. The minimum Gasteiger partial charge on any atom is -0.493 e. The number of aliphatic hydroxyl groups excluding tert-OH is 1. The molecule has 2 aromatic carbocycles. The lowest BCUT2D eigenvalue weighted by molar-refractivity contribution is 0.264. The topological polar surface area (TPSA) is 64.7 Å². The quantitative estimate of drug-likeness (QED) is 0.819. The van der Waals surface area contributed by atoms with E-state index >= 15 is 0 Å². The van der Waals surface area contributed by atoms with E-state index in [4.69, 9.17) is 20.3 Å². The maximum absolute atomic E-state index is 9.04. The van der Waals surface area contributed by atoms with E-state index in [0.717, 1.165) is 11.1 Å². The standard InChI is InChI=1S/C17H21NO3/c1-20-16-8-7-14(9-15(18)11-19)10-17(16)21-12-13-5-3-2-4-6-13/h2-8,10,15,19H,9,11-12,18H2,1H3. The number of methoxy groups -OCH3 is 1. The summed E-state index contributed by atoms with van der Waals surface area (Å²) < 4.78 is 11.2. The molecule has 0 heterocycles. The summed E-state index contributed by atoms with van der Waals surface area (Å²) in [5.74, 6) is 1.37. The van der Waals surface area contributed by atoms with E-state index in [-0.39, 0.29) is 12.6 Å². The molecule has 1 atom stereocenters. The average molecular weight is 287 g/mol. The van der Waals surface area contributed by atoms with E-state index in [2.05, 4.69) is 0 Å². The Labute approximate surface area is 125 Å². The molecule has 0 amide bonds. The first kappa shape index (κ1) is 15.4. The Morgan fingerprint density at radius 1 is 1.05 bits per heavy atom. The Morgan fingerprint density at radius 2 is 1.81 bits per heavy atom. The molecule has 2 aromatic rings. The van der Waals surface area contributed by atoms with Crippen LogP contribution in [0.4, 0.5) is 0 Å². The van der Waals surface area contributed by atoms with Gasteiger partial charge in [0.1, 0.15) is 6.61 Å². The molecule has 1 unspecified atom stereocenters. The molecule has 0 aromatic heterocycles. The molecule has 2 rings (SSSR count). The smallest absolute Gasteiger partial charge is 0.161 e. The third kappa shape index (κ3) is 4.48. The molecule has 0 radical (unpaired) electrons. The van der Waals surface area contributed by atoms with Crippen LogP contribution in [0.5, 0.6) is 11.5 Å². The lowest BCUT2D eigenvalue weighted by Gasteiger charge is -2.14. The van der Waals surface area contributed by atoms with Gasteiger partial charge < -0.3 is 20.3 Å². The van der Waals surface area contributed by atoms with Crippen molar-refractivity contribution in [3.8, 4) is 11.5 Å². The third-order valence-corrected chi connectivity index (χ3v) is 3.20. The van der Waals surface area contributed by atoms with Crippen molar-refractivity contribution in [2.75, 3.05) is 13.7 Å². The number of hydrogen-bond donors (Lipinski definition) is 2. The first-order chi connectivity index (χ1) is 10.2. The van der Waals surface area contributed by atoms with Gasteiger partial charge in [-0.15, -0.1) is 0 Å². The van der Waals surface area contributed by atoms with Crippen molar-refractivity contribution in [2.24, 2.45) is 5.73 Å².